The zero-order chi connectivity index (χ0) is 21.6. The van der Waals surface area contributed by atoms with Gasteiger partial charge in [0.25, 0.3) is 0 Å². The molecule has 0 unspecified atom stereocenters. The molecule has 0 atom stereocenters. The fourth-order valence-electron chi connectivity index (χ4n) is 3.08. The van der Waals surface area contributed by atoms with Gasteiger partial charge in [-0.25, -0.2) is 4.79 Å². The Morgan fingerprint density at radius 3 is 2.26 bits per heavy atom. The lowest BCUT2D eigenvalue weighted by molar-refractivity contribution is 0.0735. The second-order valence-corrected chi connectivity index (χ2v) is 7.21. The molecule has 4 rings (SSSR count). The number of halogens is 1. The van der Waals surface area contributed by atoms with E-state index in [4.69, 9.17) is 16.3 Å². The van der Waals surface area contributed by atoms with E-state index in [9.17, 15) is 10.1 Å². The number of nitriles is 1. The summed E-state index contributed by atoms with van der Waals surface area (Å²) in [5, 5.41) is 10.1. The van der Waals surface area contributed by atoms with Crippen molar-refractivity contribution in [2.45, 2.75) is 0 Å². The first-order valence-electron chi connectivity index (χ1n) is 9.56. The number of esters is 1. The second-order valence-electron chi connectivity index (χ2n) is 6.78. The van der Waals surface area contributed by atoms with Crippen LogP contribution in [0.5, 0.6) is 5.75 Å². The number of rotatable bonds is 5. The summed E-state index contributed by atoms with van der Waals surface area (Å²) in [6.45, 7) is 0. The van der Waals surface area contributed by atoms with Crippen molar-refractivity contribution < 1.29 is 9.53 Å². The Balaban J connectivity index is 1.46. The summed E-state index contributed by atoms with van der Waals surface area (Å²) in [6, 6.07) is 27.4. The van der Waals surface area contributed by atoms with Crippen LogP contribution < -0.4 is 4.74 Å². The van der Waals surface area contributed by atoms with Gasteiger partial charge in [-0.05, 0) is 77.9 Å². The van der Waals surface area contributed by atoms with Gasteiger partial charge in [0.2, 0.25) is 0 Å². The molecule has 3 aromatic carbocycles. The maximum atomic E-state index is 12.4. The Morgan fingerprint density at radius 1 is 0.903 bits per heavy atom. The molecule has 0 spiro atoms. The zero-order valence-corrected chi connectivity index (χ0v) is 17.2. The lowest BCUT2D eigenvalue weighted by Gasteiger charge is -2.07. The lowest BCUT2D eigenvalue weighted by atomic mass is 10.0. The highest BCUT2D eigenvalue weighted by atomic mass is 35.5. The van der Waals surface area contributed by atoms with E-state index in [0.717, 1.165) is 16.8 Å². The fourth-order valence-corrected chi connectivity index (χ4v) is 3.27. The number of ether oxygens (including phenoxy) is 1. The third-order valence-electron chi connectivity index (χ3n) is 4.66. The highest BCUT2D eigenvalue weighted by molar-refractivity contribution is 6.30. The highest BCUT2D eigenvalue weighted by Gasteiger charge is 2.09. The number of carbonyl (C=O) groups excluding carboxylic acids is 1. The molecule has 0 fully saturated rings. The molecule has 0 bridgehead atoms. The van der Waals surface area contributed by atoms with E-state index in [1.54, 1.807) is 60.7 Å². The van der Waals surface area contributed by atoms with Crippen molar-refractivity contribution >= 4 is 29.2 Å². The minimum absolute atomic E-state index is 0.429. The Hall–Kier alpha value is -4.07. The summed E-state index contributed by atoms with van der Waals surface area (Å²) in [7, 11) is 0. The summed E-state index contributed by atoms with van der Waals surface area (Å²) in [5.41, 5.74) is 3.48. The van der Waals surface area contributed by atoms with Crippen LogP contribution in [0.15, 0.2) is 97.3 Å². The lowest BCUT2D eigenvalue weighted by Crippen LogP contribution is -2.08. The molecule has 31 heavy (non-hydrogen) atoms. The first-order chi connectivity index (χ1) is 15.1. The molecule has 0 radical (unpaired) electrons. The Bertz CT molecular complexity index is 1270. The SMILES string of the molecule is N#C/C(=C/c1ccc(OC(=O)c2ccc(-n3cccc3)cc2)cc1)c1cccc(Cl)c1. The minimum Gasteiger partial charge on any atom is -0.423 e. The van der Waals surface area contributed by atoms with Gasteiger partial charge >= 0.3 is 5.97 Å². The zero-order valence-electron chi connectivity index (χ0n) is 16.4. The minimum atomic E-state index is -0.431. The maximum absolute atomic E-state index is 12.4. The molecule has 0 saturated carbocycles. The molecule has 0 amide bonds. The molecule has 1 aromatic heterocycles. The average Bonchev–Trinajstić information content (AvgIpc) is 3.34. The van der Waals surface area contributed by atoms with Crippen molar-refractivity contribution in [3.05, 3.63) is 119 Å². The summed E-state index contributed by atoms with van der Waals surface area (Å²) in [6.07, 6.45) is 5.64. The van der Waals surface area contributed by atoms with Gasteiger partial charge in [-0.2, -0.15) is 5.26 Å². The predicted molar refractivity (Wildman–Crippen MR) is 122 cm³/mol. The van der Waals surface area contributed by atoms with Crippen LogP contribution in [0.2, 0.25) is 5.02 Å². The van der Waals surface area contributed by atoms with Crippen molar-refractivity contribution in [2.75, 3.05) is 0 Å². The van der Waals surface area contributed by atoms with Gasteiger partial charge in [-0.3, -0.25) is 0 Å². The van der Waals surface area contributed by atoms with E-state index >= 15 is 0 Å². The molecular formula is C26H17ClN2O2. The van der Waals surface area contributed by atoms with Crippen molar-refractivity contribution in [3.8, 4) is 17.5 Å². The fraction of sp³-hybridized carbons (Fsp3) is 0. The molecule has 0 aliphatic heterocycles. The summed E-state index contributed by atoms with van der Waals surface area (Å²) >= 11 is 6.02. The Morgan fingerprint density at radius 2 is 1.61 bits per heavy atom. The number of allylic oxidation sites excluding steroid dienone is 1. The van der Waals surface area contributed by atoms with Gasteiger partial charge in [0, 0.05) is 23.1 Å². The topological polar surface area (TPSA) is 55.0 Å². The van der Waals surface area contributed by atoms with E-state index in [2.05, 4.69) is 6.07 Å². The molecule has 0 aliphatic carbocycles. The molecular weight excluding hydrogens is 408 g/mol. The number of benzene rings is 3. The van der Waals surface area contributed by atoms with E-state index in [1.807, 2.05) is 47.3 Å². The van der Waals surface area contributed by atoms with Crippen molar-refractivity contribution in [1.82, 2.24) is 4.57 Å². The molecule has 4 nitrogen and oxygen atoms in total. The second kappa shape index (κ2) is 9.17. The number of aromatic nitrogens is 1. The van der Waals surface area contributed by atoms with Gasteiger partial charge in [0.05, 0.1) is 17.2 Å². The van der Waals surface area contributed by atoms with Crippen molar-refractivity contribution in [2.24, 2.45) is 0 Å². The van der Waals surface area contributed by atoms with Crippen LogP contribution in [0.25, 0.3) is 17.3 Å². The van der Waals surface area contributed by atoms with Crippen molar-refractivity contribution in [1.29, 1.82) is 5.26 Å². The molecule has 0 N–H and O–H groups in total. The van der Waals surface area contributed by atoms with Gasteiger partial charge in [0.1, 0.15) is 5.75 Å². The monoisotopic (exact) mass is 424 g/mol. The predicted octanol–water partition coefficient (Wildman–Crippen LogP) is 6.41. The summed E-state index contributed by atoms with van der Waals surface area (Å²) in [4.78, 5) is 12.4. The number of hydrogen-bond donors (Lipinski definition) is 0. The van der Waals surface area contributed by atoms with Crippen molar-refractivity contribution in [3.63, 3.8) is 0 Å². The molecule has 0 aliphatic rings. The van der Waals surface area contributed by atoms with Gasteiger partial charge < -0.3 is 9.30 Å². The van der Waals surface area contributed by atoms with Crippen LogP contribution in [-0.2, 0) is 0 Å². The van der Waals surface area contributed by atoms with Crippen LogP contribution in [0.3, 0.4) is 0 Å². The standard InChI is InChI=1S/C26H17ClN2O2/c27-23-5-3-4-21(17-23)22(18-28)16-19-6-12-25(13-7-19)31-26(30)20-8-10-24(11-9-20)29-14-1-2-15-29/h1-17H/b22-16-. The first-order valence-corrected chi connectivity index (χ1v) is 9.93. The summed E-state index contributed by atoms with van der Waals surface area (Å²) in [5.74, 6) is -0.00288. The first kappa shape index (κ1) is 20.2. The van der Waals surface area contributed by atoms with Crippen LogP contribution >= 0.6 is 11.6 Å². The molecule has 1 heterocycles. The molecule has 0 saturated heterocycles. The third kappa shape index (κ3) is 4.92. The van der Waals surface area contributed by atoms with E-state index in [-0.39, 0.29) is 0 Å². The Labute approximate surface area is 185 Å². The highest BCUT2D eigenvalue weighted by Crippen LogP contribution is 2.22. The van der Waals surface area contributed by atoms with Gasteiger partial charge in [-0.1, -0.05) is 35.9 Å². The van der Waals surface area contributed by atoms with Crippen LogP contribution in [0.1, 0.15) is 21.5 Å². The van der Waals surface area contributed by atoms with Crippen LogP contribution in [0, 0.1) is 11.3 Å². The third-order valence-corrected chi connectivity index (χ3v) is 4.90. The van der Waals surface area contributed by atoms with Gasteiger partial charge in [-0.15, -0.1) is 0 Å². The molecule has 150 valence electrons. The number of nitrogens with zero attached hydrogens (tertiary/aromatic N) is 2. The normalized spacial score (nSPS) is 11.0. The van der Waals surface area contributed by atoms with E-state index in [0.29, 0.717) is 21.9 Å². The van der Waals surface area contributed by atoms with Crippen LogP contribution in [0.4, 0.5) is 0 Å². The van der Waals surface area contributed by atoms with E-state index in [1.165, 1.54) is 0 Å². The molecule has 4 aromatic rings. The quantitative estimate of drug-likeness (QED) is 0.161. The smallest absolute Gasteiger partial charge is 0.343 e. The largest absolute Gasteiger partial charge is 0.423 e. The average molecular weight is 425 g/mol. The van der Waals surface area contributed by atoms with Crippen LogP contribution in [-0.4, -0.2) is 10.5 Å². The molecule has 5 heteroatoms. The Kier molecular flexibility index (Phi) is 5.98. The number of carbonyl (C=O) groups is 1. The maximum Gasteiger partial charge on any atom is 0.343 e. The van der Waals surface area contributed by atoms with Gasteiger partial charge in [0.15, 0.2) is 0 Å². The van der Waals surface area contributed by atoms with E-state index < -0.39 is 5.97 Å². The summed E-state index contributed by atoms with van der Waals surface area (Å²) < 4.78 is 7.43. The number of hydrogen-bond acceptors (Lipinski definition) is 3.